The van der Waals surface area contributed by atoms with Gasteiger partial charge in [0.1, 0.15) is 13.6 Å². The van der Waals surface area contributed by atoms with Gasteiger partial charge in [0.2, 0.25) is 0 Å². The van der Waals surface area contributed by atoms with Crippen LogP contribution >= 0.6 is 0 Å². The van der Waals surface area contributed by atoms with Gasteiger partial charge in [0.25, 0.3) is 0 Å². The molecule has 0 fully saturated rings. The fourth-order valence-electron chi connectivity index (χ4n) is 3.02. The first-order chi connectivity index (χ1) is 10.0. The Morgan fingerprint density at radius 1 is 0.905 bits per heavy atom. The maximum atomic E-state index is 12.1. The van der Waals surface area contributed by atoms with Crippen LogP contribution < -0.4 is 5.46 Å². The van der Waals surface area contributed by atoms with Crippen LogP contribution in [0.5, 0.6) is 0 Å². The van der Waals surface area contributed by atoms with E-state index in [1.54, 1.807) is 6.92 Å². The topological polar surface area (TPSA) is 17.1 Å². The number of carbonyl (C=O) groups is 1. The van der Waals surface area contributed by atoms with Gasteiger partial charge in [-0.3, -0.25) is 4.79 Å². The van der Waals surface area contributed by atoms with Crippen molar-refractivity contribution in [2.24, 2.45) is 0 Å². The van der Waals surface area contributed by atoms with E-state index < -0.39 is 0 Å². The highest BCUT2D eigenvalue weighted by molar-refractivity contribution is 6.32. The van der Waals surface area contributed by atoms with Crippen molar-refractivity contribution in [2.45, 2.75) is 39.0 Å². The maximum absolute atomic E-state index is 12.1. The SMILES string of the molecule is [B]c1ccc(-c2ccc(C(CC)(CC)C(C)=O)cc2)cc1. The maximum Gasteiger partial charge on any atom is 0.140 e. The van der Waals surface area contributed by atoms with Gasteiger partial charge in [-0.05, 0) is 36.5 Å². The Hall–Kier alpha value is -1.83. The predicted molar refractivity (Wildman–Crippen MR) is 90.2 cm³/mol. The summed E-state index contributed by atoms with van der Waals surface area (Å²) in [6, 6.07) is 16.2. The highest BCUT2D eigenvalue weighted by Gasteiger charge is 2.33. The van der Waals surface area contributed by atoms with Crippen molar-refractivity contribution in [1.82, 2.24) is 0 Å². The molecule has 0 amide bonds. The molecular weight excluding hydrogens is 255 g/mol. The van der Waals surface area contributed by atoms with Crippen LogP contribution in [0.1, 0.15) is 39.2 Å². The molecule has 106 valence electrons. The van der Waals surface area contributed by atoms with Gasteiger partial charge in [0.05, 0.1) is 5.41 Å². The molecule has 0 atom stereocenters. The molecule has 1 nitrogen and oxygen atoms in total. The van der Waals surface area contributed by atoms with Crippen molar-refractivity contribution >= 4 is 19.1 Å². The Kier molecular flexibility index (Phi) is 4.67. The molecule has 2 aromatic carbocycles. The second kappa shape index (κ2) is 6.30. The zero-order chi connectivity index (χ0) is 15.5. The first-order valence-corrected chi connectivity index (χ1v) is 7.51. The largest absolute Gasteiger partial charge is 0.299 e. The molecule has 2 heteroatoms. The number of carbonyl (C=O) groups excluding carboxylic acids is 1. The molecular formula is C19H21BO. The molecule has 0 heterocycles. The summed E-state index contributed by atoms with van der Waals surface area (Å²) in [5.41, 5.74) is 3.81. The molecule has 0 bridgehead atoms. The lowest BCUT2D eigenvalue weighted by molar-refractivity contribution is -0.122. The van der Waals surface area contributed by atoms with Crippen molar-refractivity contribution < 1.29 is 4.79 Å². The van der Waals surface area contributed by atoms with Gasteiger partial charge >= 0.3 is 0 Å². The standard InChI is InChI=1S/C19H21BO/c1-4-19(5-2,14(3)21)17-10-6-15(7-11-17)16-8-12-18(20)13-9-16/h6-13H,4-5H2,1-3H3. The van der Waals surface area contributed by atoms with Crippen molar-refractivity contribution in [3.63, 3.8) is 0 Å². The van der Waals surface area contributed by atoms with Crippen molar-refractivity contribution in [3.05, 3.63) is 54.1 Å². The number of ketones is 1. The fraction of sp³-hybridized carbons (Fsp3) is 0.316. The minimum Gasteiger partial charge on any atom is -0.299 e. The summed E-state index contributed by atoms with van der Waals surface area (Å²) < 4.78 is 0. The first-order valence-electron chi connectivity index (χ1n) is 7.51. The average molecular weight is 276 g/mol. The summed E-state index contributed by atoms with van der Waals surface area (Å²) in [5.74, 6) is 0.243. The molecule has 0 spiro atoms. The monoisotopic (exact) mass is 276 g/mol. The third-order valence-corrected chi connectivity index (χ3v) is 4.56. The van der Waals surface area contributed by atoms with Crippen LogP contribution in [0.15, 0.2) is 48.5 Å². The molecule has 0 saturated heterocycles. The fourth-order valence-corrected chi connectivity index (χ4v) is 3.02. The zero-order valence-corrected chi connectivity index (χ0v) is 13.0. The third kappa shape index (κ3) is 2.95. The van der Waals surface area contributed by atoms with E-state index in [0.29, 0.717) is 0 Å². The van der Waals surface area contributed by atoms with Crippen molar-refractivity contribution in [2.75, 3.05) is 0 Å². The van der Waals surface area contributed by atoms with Gasteiger partial charge in [-0.2, -0.15) is 0 Å². The Balaban J connectivity index is 2.38. The van der Waals surface area contributed by atoms with Crippen molar-refractivity contribution in [3.8, 4) is 11.1 Å². The van der Waals surface area contributed by atoms with Crippen LogP contribution in [0.25, 0.3) is 11.1 Å². The summed E-state index contributed by atoms with van der Waals surface area (Å²) >= 11 is 0. The van der Waals surface area contributed by atoms with E-state index in [-0.39, 0.29) is 11.2 Å². The molecule has 0 aliphatic carbocycles. The number of hydrogen-bond donors (Lipinski definition) is 0. The molecule has 0 unspecified atom stereocenters. The minimum absolute atomic E-state index is 0.243. The first kappa shape index (κ1) is 15.6. The Bertz CT molecular complexity index is 607. The quantitative estimate of drug-likeness (QED) is 0.759. The molecule has 2 radical (unpaired) electrons. The summed E-state index contributed by atoms with van der Waals surface area (Å²) in [7, 11) is 5.72. The minimum atomic E-state index is -0.348. The lowest BCUT2D eigenvalue weighted by atomic mass is 9.73. The third-order valence-electron chi connectivity index (χ3n) is 4.56. The Morgan fingerprint density at radius 3 is 1.71 bits per heavy atom. The van der Waals surface area contributed by atoms with E-state index in [9.17, 15) is 4.79 Å². The summed E-state index contributed by atoms with van der Waals surface area (Å²) in [6.07, 6.45) is 1.67. The Morgan fingerprint density at radius 2 is 1.33 bits per heavy atom. The van der Waals surface area contributed by atoms with Crippen LogP contribution in [0.3, 0.4) is 0 Å². The van der Waals surface area contributed by atoms with Crippen LogP contribution in [0, 0.1) is 0 Å². The average Bonchev–Trinajstić information content (AvgIpc) is 2.50. The van der Waals surface area contributed by atoms with E-state index in [1.165, 1.54) is 0 Å². The second-order valence-corrected chi connectivity index (χ2v) is 5.54. The number of Topliss-reactive ketones (excluding diaryl/α,β-unsaturated/α-hetero) is 1. The molecule has 0 aromatic heterocycles. The number of rotatable bonds is 5. The Labute approximate surface area is 128 Å². The summed E-state index contributed by atoms with van der Waals surface area (Å²) in [4.78, 5) is 12.1. The summed E-state index contributed by atoms with van der Waals surface area (Å²) in [5, 5.41) is 0. The molecule has 0 saturated carbocycles. The molecule has 0 aliphatic heterocycles. The second-order valence-electron chi connectivity index (χ2n) is 5.54. The van der Waals surface area contributed by atoms with Gasteiger partial charge in [0.15, 0.2) is 0 Å². The molecule has 0 N–H and O–H groups in total. The predicted octanol–water partition coefficient (Wildman–Crippen LogP) is 3.79. The highest BCUT2D eigenvalue weighted by Crippen LogP contribution is 2.33. The van der Waals surface area contributed by atoms with Crippen LogP contribution in [0.2, 0.25) is 0 Å². The molecule has 2 rings (SSSR count). The van der Waals surface area contributed by atoms with E-state index in [1.807, 2.05) is 24.3 Å². The van der Waals surface area contributed by atoms with Gasteiger partial charge in [-0.25, -0.2) is 0 Å². The normalized spacial score (nSPS) is 11.4. The van der Waals surface area contributed by atoms with Crippen LogP contribution in [-0.4, -0.2) is 13.6 Å². The highest BCUT2D eigenvalue weighted by atomic mass is 16.1. The smallest absolute Gasteiger partial charge is 0.140 e. The molecule has 0 aliphatic rings. The van der Waals surface area contributed by atoms with Gasteiger partial charge in [-0.15, -0.1) is 0 Å². The number of hydrogen-bond acceptors (Lipinski definition) is 1. The zero-order valence-electron chi connectivity index (χ0n) is 13.0. The lowest BCUT2D eigenvalue weighted by Gasteiger charge is -2.29. The van der Waals surface area contributed by atoms with Gasteiger partial charge < -0.3 is 0 Å². The van der Waals surface area contributed by atoms with Crippen LogP contribution in [0.4, 0.5) is 0 Å². The number of benzene rings is 2. The van der Waals surface area contributed by atoms with E-state index in [4.69, 9.17) is 7.85 Å². The van der Waals surface area contributed by atoms with Crippen LogP contribution in [-0.2, 0) is 10.2 Å². The van der Waals surface area contributed by atoms with Gasteiger partial charge in [0, 0.05) is 0 Å². The summed E-state index contributed by atoms with van der Waals surface area (Å²) in [6.45, 7) is 5.86. The molecule has 21 heavy (non-hydrogen) atoms. The van der Waals surface area contributed by atoms with Crippen molar-refractivity contribution in [1.29, 1.82) is 0 Å². The van der Waals surface area contributed by atoms with E-state index in [0.717, 1.165) is 35.0 Å². The van der Waals surface area contributed by atoms with E-state index in [2.05, 4.69) is 38.1 Å². The molecule has 2 aromatic rings. The van der Waals surface area contributed by atoms with E-state index >= 15 is 0 Å². The van der Waals surface area contributed by atoms with Gasteiger partial charge in [-0.1, -0.05) is 67.8 Å². The lowest BCUT2D eigenvalue weighted by Crippen LogP contribution is -2.32.